The van der Waals surface area contributed by atoms with Gasteiger partial charge in [0.1, 0.15) is 5.75 Å². The molecule has 0 fully saturated rings. The van der Waals surface area contributed by atoms with E-state index in [2.05, 4.69) is 44.7 Å². The zero-order valence-electron chi connectivity index (χ0n) is 20.8. The summed E-state index contributed by atoms with van der Waals surface area (Å²) in [6.07, 6.45) is 2.65. The fourth-order valence-electron chi connectivity index (χ4n) is 4.06. The highest BCUT2D eigenvalue weighted by Gasteiger charge is 2.23. The summed E-state index contributed by atoms with van der Waals surface area (Å²) in [6.45, 7) is 12.9. The van der Waals surface area contributed by atoms with E-state index in [1.54, 1.807) is 0 Å². The lowest BCUT2D eigenvalue weighted by atomic mass is 10.1. The second-order valence-corrected chi connectivity index (χ2v) is 9.42. The molecule has 2 aromatic carbocycles. The molecule has 5 heteroatoms. The first-order valence-electron chi connectivity index (χ1n) is 12.2. The van der Waals surface area contributed by atoms with Gasteiger partial charge in [-0.1, -0.05) is 69.5 Å². The molecule has 0 saturated heterocycles. The van der Waals surface area contributed by atoms with Crippen molar-refractivity contribution in [3.8, 4) is 17.3 Å². The molecule has 1 unspecified atom stereocenters. The first-order chi connectivity index (χ1) is 15.9. The van der Waals surface area contributed by atoms with Gasteiger partial charge in [-0.3, -0.25) is 4.90 Å². The monoisotopic (exact) mass is 449 g/mol. The second-order valence-electron chi connectivity index (χ2n) is 9.42. The smallest absolute Gasteiger partial charge is 0.227 e. The minimum Gasteiger partial charge on any atom is -0.439 e. The summed E-state index contributed by atoms with van der Waals surface area (Å²) in [7, 11) is 0. The number of rotatable bonds is 12. The van der Waals surface area contributed by atoms with Gasteiger partial charge in [0.25, 0.3) is 0 Å². The number of aliphatic hydroxyl groups is 1. The van der Waals surface area contributed by atoms with Gasteiger partial charge < -0.3 is 9.84 Å². The average Bonchev–Trinajstić information content (AvgIpc) is 3.09. The molecule has 0 radical (unpaired) electrons. The predicted octanol–water partition coefficient (Wildman–Crippen LogP) is 6.29. The summed E-state index contributed by atoms with van der Waals surface area (Å²) in [5.74, 6) is 2.02. The van der Waals surface area contributed by atoms with E-state index in [-0.39, 0.29) is 6.10 Å². The van der Waals surface area contributed by atoms with Gasteiger partial charge in [-0.05, 0) is 50.5 Å². The zero-order valence-corrected chi connectivity index (χ0v) is 20.8. The van der Waals surface area contributed by atoms with Crippen molar-refractivity contribution in [1.29, 1.82) is 0 Å². The molecular formula is C28H39N3O2. The SMILES string of the molecule is CCCCC(O)CN(Cc1c(C)nn(-c2ccccc2)c1Oc1ccc(C)cc1)CC(C)C. The molecule has 1 N–H and O–H groups in total. The molecule has 5 nitrogen and oxygen atoms in total. The van der Waals surface area contributed by atoms with Crippen molar-refractivity contribution in [2.24, 2.45) is 5.92 Å². The summed E-state index contributed by atoms with van der Waals surface area (Å²) in [6, 6.07) is 18.2. The van der Waals surface area contributed by atoms with Gasteiger partial charge in [0, 0.05) is 19.6 Å². The van der Waals surface area contributed by atoms with Crippen LogP contribution in [0.5, 0.6) is 11.6 Å². The van der Waals surface area contributed by atoms with E-state index >= 15 is 0 Å². The van der Waals surface area contributed by atoms with Crippen LogP contribution in [0.1, 0.15) is 56.9 Å². The molecule has 0 aliphatic rings. The van der Waals surface area contributed by atoms with Crippen molar-refractivity contribution in [3.05, 3.63) is 71.4 Å². The van der Waals surface area contributed by atoms with Crippen molar-refractivity contribution < 1.29 is 9.84 Å². The van der Waals surface area contributed by atoms with Crippen LogP contribution in [0, 0.1) is 19.8 Å². The molecule has 0 bridgehead atoms. The number of ether oxygens (including phenoxy) is 1. The van der Waals surface area contributed by atoms with Gasteiger partial charge in [0.05, 0.1) is 23.0 Å². The maximum atomic E-state index is 10.6. The van der Waals surface area contributed by atoms with Crippen molar-refractivity contribution in [1.82, 2.24) is 14.7 Å². The van der Waals surface area contributed by atoms with E-state index in [4.69, 9.17) is 9.84 Å². The van der Waals surface area contributed by atoms with E-state index in [9.17, 15) is 5.11 Å². The molecule has 0 amide bonds. The molecule has 0 aliphatic heterocycles. The molecule has 33 heavy (non-hydrogen) atoms. The molecule has 0 spiro atoms. The largest absolute Gasteiger partial charge is 0.439 e. The number of aliphatic hydroxyl groups excluding tert-OH is 1. The van der Waals surface area contributed by atoms with Crippen LogP contribution in [-0.4, -0.2) is 39.0 Å². The van der Waals surface area contributed by atoms with Gasteiger partial charge >= 0.3 is 0 Å². The van der Waals surface area contributed by atoms with Crippen LogP contribution in [-0.2, 0) is 6.54 Å². The topological polar surface area (TPSA) is 50.5 Å². The average molecular weight is 450 g/mol. The number of nitrogens with zero attached hydrogens (tertiary/aromatic N) is 3. The van der Waals surface area contributed by atoms with Gasteiger partial charge in [-0.25, -0.2) is 4.68 Å². The molecule has 178 valence electrons. The molecule has 1 aromatic heterocycles. The standard InChI is InChI=1S/C28H39N3O2/c1-6-7-13-25(32)19-30(18-21(2)3)20-27-23(5)29-31(24-11-9-8-10-12-24)28(27)33-26-16-14-22(4)15-17-26/h8-12,14-17,21,25,32H,6-7,13,18-20H2,1-5H3. The number of hydrogen-bond donors (Lipinski definition) is 1. The maximum absolute atomic E-state index is 10.6. The van der Waals surface area contributed by atoms with Crippen LogP contribution >= 0.6 is 0 Å². The summed E-state index contributed by atoms with van der Waals surface area (Å²) in [5, 5.41) is 15.5. The van der Waals surface area contributed by atoms with E-state index < -0.39 is 0 Å². The Labute approximate surface area is 199 Å². The summed E-state index contributed by atoms with van der Waals surface area (Å²) < 4.78 is 8.35. The fourth-order valence-corrected chi connectivity index (χ4v) is 4.06. The maximum Gasteiger partial charge on any atom is 0.227 e. The quantitative estimate of drug-likeness (QED) is 0.353. The van der Waals surface area contributed by atoms with Gasteiger partial charge in [-0.2, -0.15) is 5.10 Å². The highest BCUT2D eigenvalue weighted by Crippen LogP contribution is 2.32. The minimum atomic E-state index is -0.324. The summed E-state index contributed by atoms with van der Waals surface area (Å²) in [4.78, 5) is 2.34. The number of aromatic nitrogens is 2. The predicted molar refractivity (Wildman–Crippen MR) is 135 cm³/mol. The Morgan fingerprint density at radius 3 is 2.33 bits per heavy atom. The lowest BCUT2D eigenvalue weighted by Gasteiger charge is -2.27. The molecule has 0 aliphatic carbocycles. The molecule has 3 rings (SSSR count). The third-order valence-electron chi connectivity index (χ3n) is 5.74. The number of benzene rings is 2. The molecule has 3 aromatic rings. The van der Waals surface area contributed by atoms with Crippen molar-refractivity contribution in [3.63, 3.8) is 0 Å². The molecule has 1 heterocycles. The third-order valence-corrected chi connectivity index (χ3v) is 5.74. The number of para-hydroxylation sites is 1. The Balaban J connectivity index is 1.96. The van der Waals surface area contributed by atoms with Crippen molar-refractivity contribution >= 4 is 0 Å². The Kier molecular flexibility index (Phi) is 9.10. The van der Waals surface area contributed by atoms with Crippen LogP contribution in [0.3, 0.4) is 0 Å². The van der Waals surface area contributed by atoms with Crippen LogP contribution in [0.4, 0.5) is 0 Å². The first kappa shape index (κ1) is 25.0. The number of hydrogen-bond acceptors (Lipinski definition) is 4. The molecular weight excluding hydrogens is 410 g/mol. The fraction of sp³-hybridized carbons (Fsp3) is 0.464. The summed E-state index contributed by atoms with van der Waals surface area (Å²) >= 11 is 0. The van der Waals surface area contributed by atoms with Crippen molar-refractivity contribution in [2.75, 3.05) is 13.1 Å². The highest BCUT2D eigenvalue weighted by molar-refractivity contribution is 5.43. The number of aryl methyl sites for hydroxylation is 2. The number of unbranched alkanes of at least 4 members (excludes halogenated alkanes) is 1. The van der Waals surface area contributed by atoms with Gasteiger partial charge in [-0.15, -0.1) is 0 Å². The summed E-state index contributed by atoms with van der Waals surface area (Å²) in [5.41, 5.74) is 4.16. The first-order valence-corrected chi connectivity index (χ1v) is 12.2. The van der Waals surface area contributed by atoms with Crippen molar-refractivity contribution in [2.45, 2.75) is 66.5 Å². The third kappa shape index (κ3) is 7.18. The second kappa shape index (κ2) is 12.0. The zero-order chi connectivity index (χ0) is 23.8. The van der Waals surface area contributed by atoms with E-state index in [0.717, 1.165) is 54.4 Å². The van der Waals surface area contributed by atoms with Gasteiger partial charge in [0.15, 0.2) is 0 Å². The van der Waals surface area contributed by atoms with Crippen LogP contribution in [0.25, 0.3) is 5.69 Å². The Morgan fingerprint density at radius 2 is 1.70 bits per heavy atom. The molecule has 0 saturated carbocycles. The minimum absolute atomic E-state index is 0.324. The highest BCUT2D eigenvalue weighted by atomic mass is 16.5. The molecule has 1 atom stereocenters. The Bertz CT molecular complexity index is 980. The lowest BCUT2D eigenvalue weighted by Crippen LogP contribution is -2.35. The lowest BCUT2D eigenvalue weighted by molar-refractivity contribution is 0.0927. The Hall–Kier alpha value is -2.63. The van der Waals surface area contributed by atoms with Gasteiger partial charge in [0.2, 0.25) is 5.88 Å². The van der Waals surface area contributed by atoms with E-state index in [1.807, 2.05) is 54.1 Å². The Morgan fingerprint density at radius 1 is 1.00 bits per heavy atom. The van der Waals surface area contributed by atoms with E-state index in [1.165, 1.54) is 5.56 Å². The normalized spacial score (nSPS) is 12.5. The van der Waals surface area contributed by atoms with Crippen LogP contribution in [0.2, 0.25) is 0 Å². The van der Waals surface area contributed by atoms with Crippen LogP contribution < -0.4 is 4.74 Å². The van der Waals surface area contributed by atoms with E-state index in [0.29, 0.717) is 19.0 Å². The van der Waals surface area contributed by atoms with Crippen LogP contribution in [0.15, 0.2) is 54.6 Å².